The number of fused-ring (bicyclic) bond motifs is 1. The van der Waals surface area contributed by atoms with Crippen LogP contribution in [-0.4, -0.2) is 19.7 Å². The molecule has 3 rings (SSSR count). The average Bonchev–Trinajstić information content (AvgIpc) is 3.06. The van der Waals surface area contributed by atoms with Crippen LogP contribution in [0.3, 0.4) is 0 Å². The maximum absolute atomic E-state index is 5.99. The third-order valence-electron chi connectivity index (χ3n) is 3.90. The number of aliphatic imine (C=N–C) groups is 1. The molecule has 5 nitrogen and oxygen atoms in total. The van der Waals surface area contributed by atoms with Gasteiger partial charge in [0.05, 0.1) is 20.3 Å². The summed E-state index contributed by atoms with van der Waals surface area (Å²) in [6, 6.07) is 11.9. The molecule has 0 bridgehead atoms. The summed E-state index contributed by atoms with van der Waals surface area (Å²) in [6.07, 6.45) is 0.938. The lowest BCUT2D eigenvalue weighted by Gasteiger charge is -2.10. The van der Waals surface area contributed by atoms with Gasteiger partial charge in [-0.2, -0.15) is 0 Å². The zero-order valence-corrected chi connectivity index (χ0v) is 17.8. The van der Waals surface area contributed by atoms with Crippen LogP contribution in [0.25, 0.3) is 0 Å². The van der Waals surface area contributed by atoms with Crippen molar-refractivity contribution in [2.45, 2.75) is 19.5 Å². The predicted octanol–water partition coefficient (Wildman–Crippen LogP) is 3.62. The summed E-state index contributed by atoms with van der Waals surface area (Å²) in [5.41, 5.74) is 9.28. The molecule has 1 heterocycles. The van der Waals surface area contributed by atoms with Crippen molar-refractivity contribution in [3.8, 4) is 11.5 Å². The summed E-state index contributed by atoms with van der Waals surface area (Å²) >= 11 is 3.54. The molecule has 0 aromatic heterocycles. The summed E-state index contributed by atoms with van der Waals surface area (Å²) in [7, 11) is 1.66. The van der Waals surface area contributed by atoms with E-state index in [1.54, 1.807) is 7.11 Å². The van der Waals surface area contributed by atoms with Gasteiger partial charge < -0.3 is 20.5 Å². The normalized spacial score (nSPS) is 12.8. The maximum Gasteiger partial charge on any atom is 0.189 e. The zero-order chi connectivity index (χ0) is 16.9. The number of para-hydroxylation sites is 1. The molecule has 0 fully saturated rings. The molecule has 3 N–H and O–H groups in total. The number of rotatable bonds is 5. The molecule has 0 saturated heterocycles. The minimum atomic E-state index is 0. The highest BCUT2D eigenvalue weighted by atomic mass is 127. The fraction of sp³-hybridized carbons (Fsp3) is 0.278. The van der Waals surface area contributed by atoms with Gasteiger partial charge in [0, 0.05) is 28.6 Å². The minimum Gasteiger partial charge on any atom is -0.496 e. The molecule has 0 atom stereocenters. The number of nitrogens with one attached hydrogen (secondary N) is 1. The Hall–Kier alpha value is -1.48. The average molecular weight is 518 g/mol. The van der Waals surface area contributed by atoms with Gasteiger partial charge in [-0.15, -0.1) is 24.0 Å². The van der Waals surface area contributed by atoms with E-state index in [-0.39, 0.29) is 24.0 Å². The van der Waals surface area contributed by atoms with E-state index in [1.165, 1.54) is 5.56 Å². The first-order chi connectivity index (χ1) is 11.7. The number of halogens is 2. The lowest BCUT2D eigenvalue weighted by Crippen LogP contribution is -2.31. The smallest absolute Gasteiger partial charge is 0.189 e. The molecule has 134 valence electrons. The third-order valence-corrected chi connectivity index (χ3v) is 4.36. The van der Waals surface area contributed by atoms with Crippen LogP contribution in [0.5, 0.6) is 11.5 Å². The van der Waals surface area contributed by atoms with Gasteiger partial charge in [0.1, 0.15) is 11.5 Å². The Morgan fingerprint density at radius 1 is 1.32 bits per heavy atom. The minimum absolute atomic E-state index is 0. The first-order valence-corrected chi connectivity index (χ1v) is 8.56. The molecule has 0 unspecified atom stereocenters. The Balaban J connectivity index is 0.00000225. The van der Waals surface area contributed by atoms with E-state index in [1.807, 2.05) is 30.3 Å². The third kappa shape index (κ3) is 5.01. The lowest BCUT2D eigenvalue weighted by molar-refractivity contribution is 0.353. The molecule has 0 saturated carbocycles. The SMILES string of the molecule is COc1ccccc1CNC(N)=NCc1cc(Br)cc2c1OCC2.I. The molecule has 25 heavy (non-hydrogen) atoms. The number of ether oxygens (including phenoxy) is 2. The van der Waals surface area contributed by atoms with Gasteiger partial charge in [-0.3, -0.25) is 0 Å². The number of guanidine groups is 1. The van der Waals surface area contributed by atoms with Crippen molar-refractivity contribution in [3.63, 3.8) is 0 Å². The fourth-order valence-electron chi connectivity index (χ4n) is 2.72. The number of methoxy groups -OCH3 is 1. The zero-order valence-electron chi connectivity index (χ0n) is 13.9. The van der Waals surface area contributed by atoms with Gasteiger partial charge in [-0.1, -0.05) is 34.1 Å². The van der Waals surface area contributed by atoms with E-state index < -0.39 is 0 Å². The lowest BCUT2D eigenvalue weighted by atomic mass is 10.1. The maximum atomic E-state index is 5.99. The summed E-state index contributed by atoms with van der Waals surface area (Å²) in [4.78, 5) is 4.43. The van der Waals surface area contributed by atoms with E-state index in [4.69, 9.17) is 15.2 Å². The number of nitrogens with zero attached hydrogens (tertiary/aromatic N) is 1. The molecule has 1 aliphatic heterocycles. The van der Waals surface area contributed by atoms with Crippen LogP contribution in [0.15, 0.2) is 45.9 Å². The van der Waals surface area contributed by atoms with Crippen LogP contribution in [0.4, 0.5) is 0 Å². The second kappa shape index (κ2) is 9.28. The highest BCUT2D eigenvalue weighted by molar-refractivity contribution is 14.0. The van der Waals surface area contributed by atoms with Crippen molar-refractivity contribution < 1.29 is 9.47 Å². The molecule has 1 aliphatic rings. The van der Waals surface area contributed by atoms with Crippen molar-refractivity contribution >= 4 is 45.9 Å². The van der Waals surface area contributed by atoms with Gasteiger partial charge in [0.2, 0.25) is 0 Å². The Morgan fingerprint density at radius 2 is 2.12 bits per heavy atom. The molecular weight excluding hydrogens is 497 g/mol. The topological polar surface area (TPSA) is 68.9 Å². The van der Waals surface area contributed by atoms with Crippen molar-refractivity contribution in [2.24, 2.45) is 10.7 Å². The molecular formula is C18H21BrIN3O2. The number of hydrogen-bond donors (Lipinski definition) is 2. The van der Waals surface area contributed by atoms with Crippen LogP contribution in [-0.2, 0) is 19.5 Å². The molecule has 0 radical (unpaired) electrons. The van der Waals surface area contributed by atoms with E-state index >= 15 is 0 Å². The Morgan fingerprint density at radius 3 is 2.92 bits per heavy atom. The summed E-state index contributed by atoms with van der Waals surface area (Å²) < 4.78 is 12.1. The first kappa shape index (κ1) is 19.8. The Bertz CT molecular complexity index is 768. The van der Waals surface area contributed by atoms with Crippen LogP contribution in [0.2, 0.25) is 0 Å². The highest BCUT2D eigenvalue weighted by Gasteiger charge is 2.17. The van der Waals surface area contributed by atoms with E-state index in [2.05, 4.69) is 32.3 Å². The summed E-state index contributed by atoms with van der Waals surface area (Å²) in [6.45, 7) is 1.77. The van der Waals surface area contributed by atoms with Gasteiger partial charge in [0.15, 0.2) is 5.96 Å². The van der Waals surface area contributed by atoms with Crippen molar-refractivity contribution in [2.75, 3.05) is 13.7 Å². The number of nitrogens with two attached hydrogens (primary N) is 1. The quantitative estimate of drug-likeness (QED) is 0.361. The van der Waals surface area contributed by atoms with Gasteiger partial charge in [-0.05, 0) is 23.8 Å². The Kier molecular flexibility index (Phi) is 7.37. The second-order valence-corrected chi connectivity index (χ2v) is 6.43. The van der Waals surface area contributed by atoms with Gasteiger partial charge in [0.25, 0.3) is 0 Å². The monoisotopic (exact) mass is 517 g/mol. The highest BCUT2D eigenvalue weighted by Crippen LogP contribution is 2.33. The second-order valence-electron chi connectivity index (χ2n) is 5.52. The molecule has 0 aliphatic carbocycles. The molecule has 2 aromatic rings. The van der Waals surface area contributed by atoms with Crippen LogP contribution < -0.4 is 20.5 Å². The molecule has 0 amide bonds. The van der Waals surface area contributed by atoms with Crippen molar-refractivity contribution in [3.05, 3.63) is 57.6 Å². The predicted molar refractivity (Wildman–Crippen MR) is 114 cm³/mol. The fourth-order valence-corrected chi connectivity index (χ4v) is 3.28. The largest absolute Gasteiger partial charge is 0.496 e. The van der Waals surface area contributed by atoms with Crippen molar-refractivity contribution in [1.29, 1.82) is 0 Å². The first-order valence-electron chi connectivity index (χ1n) is 7.77. The Labute approximate surface area is 173 Å². The molecule has 0 spiro atoms. The van der Waals surface area contributed by atoms with Crippen LogP contribution in [0.1, 0.15) is 16.7 Å². The van der Waals surface area contributed by atoms with Gasteiger partial charge >= 0.3 is 0 Å². The van der Waals surface area contributed by atoms with Crippen molar-refractivity contribution in [1.82, 2.24) is 5.32 Å². The standard InChI is InChI=1S/C18H20BrN3O2.HI/c1-23-16-5-3-2-4-13(16)10-21-18(20)22-11-14-9-15(19)8-12-6-7-24-17(12)14;/h2-5,8-9H,6-7,10-11H2,1H3,(H3,20,21,22);1H. The molecule has 2 aromatic carbocycles. The van der Waals surface area contributed by atoms with E-state index in [0.29, 0.717) is 19.0 Å². The number of benzene rings is 2. The van der Waals surface area contributed by atoms with Crippen LogP contribution >= 0.6 is 39.9 Å². The number of hydrogen-bond acceptors (Lipinski definition) is 3. The van der Waals surface area contributed by atoms with Gasteiger partial charge in [-0.25, -0.2) is 4.99 Å². The van der Waals surface area contributed by atoms with E-state index in [0.717, 1.165) is 40.1 Å². The molecule has 7 heteroatoms. The summed E-state index contributed by atoms with van der Waals surface area (Å²) in [5, 5.41) is 3.12. The van der Waals surface area contributed by atoms with E-state index in [9.17, 15) is 0 Å². The van der Waals surface area contributed by atoms with Crippen LogP contribution in [0, 0.1) is 0 Å². The summed E-state index contributed by atoms with van der Waals surface area (Å²) in [5.74, 6) is 2.17.